The van der Waals surface area contributed by atoms with Gasteiger partial charge in [-0.05, 0) is 24.6 Å². The first kappa shape index (κ1) is 13.2. The molecule has 1 heterocycles. The smallest absolute Gasteiger partial charge is 0.238 e. The van der Waals surface area contributed by atoms with Crippen LogP contribution in [0, 0.1) is 23.7 Å². The van der Waals surface area contributed by atoms with E-state index in [4.69, 9.17) is 11.6 Å². The van der Waals surface area contributed by atoms with E-state index in [2.05, 4.69) is 0 Å². The number of carbonyl (C=O) groups is 2. The molecule has 0 aromatic heterocycles. The lowest BCUT2D eigenvalue weighted by molar-refractivity contribution is -0.129. The van der Waals surface area contributed by atoms with Crippen molar-refractivity contribution in [1.29, 1.82) is 0 Å². The molecule has 6 atom stereocenters. The topological polar surface area (TPSA) is 77.8 Å². The van der Waals surface area contributed by atoms with Crippen LogP contribution in [0.25, 0.3) is 0 Å². The highest BCUT2D eigenvalue weighted by molar-refractivity contribution is 6.31. The van der Waals surface area contributed by atoms with Gasteiger partial charge in [0.15, 0.2) is 0 Å². The lowest BCUT2D eigenvalue weighted by Gasteiger charge is -2.29. The van der Waals surface area contributed by atoms with Gasteiger partial charge in [0, 0.05) is 16.9 Å². The summed E-state index contributed by atoms with van der Waals surface area (Å²) in [6, 6.07) is 6.60. The molecule has 5 nitrogen and oxygen atoms in total. The van der Waals surface area contributed by atoms with Gasteiger partial charge in [-0.15, -0.1) is 0 Å². The molecule has 0 radical (unpaired) electrons. The van der Waals surface area contributed by atoms with E-state index in [1.165, 1.54) is 0 Å². The molecule has 2 amide bonds. The summed E-state index contributed by atoms with van der Waals surface area (Å²) >= 11 is 5.93. The molecular formula is C15H14ClNO4. The molecule has 1 saturated heterocycles. The van der Waals surface area contributed by atoms with E-state index in [1.54, 1.807) is 24.3 Å². The van der Waals surface area contributed by atoms with Gasteiger partial charge in [-0.3, -0.25) is 9.59 Å². The Morgan fingerprint density at radius 3 is 2.14 bits per heavy atom. The van der Waals surface area contributed by atoms with E-state index < -0.39 is 24.0 Å². The van der Waals surface area contributed by atoms with E-state index >= 15 is 0 Å². The molecule has 2 aliphatic carbocycles. The molecule has 3 aliphatic rings. The van der Waals surface area contributed by atoms with Gasteiger partial charge in [-0.2, -0.15) is 0 Å². The third-order valence-electron chi connectivity index (χ3n) is 5.16. The predicted molar refractivity (Wildman–Crippen MR) is 74.5 cm³/mol. The molecule has 1 aromatic carbocycles. The zero-order valence-electron chi connectivity index (χ0n) is 11.0. The first-order chi connectivity index (χ1) is 10.0. The molecular weight excluding hydrogens is 294 g/mol. The average Bonchev–Trinajstić information content (AvgIpc) is 3.04. The van der Waals surface area contributed by atoms with Crippen molar-refractivity contribution in [2.45, 2.75) is 18.6 Å². The van der Waals surface area contributed by atoms with Crippen LogP contribution in [0.2, 0.25) is 5.02 Å². The molecule has 1 aliphatic heterocycles. The van der Waals surface area contributed by atoms with Gasteiger partial charge in [0.1, 0.15) is 0 Å². The number of hydrogen-bond donors (Lipinski definition) is 2. The number of nitrogens with zero attached hydrogens (tertiary/aromatic N) is 1. The Labute approximate surface area is 126 Å². The SMILES string of the molecule is O=C1[C@@H]2[C@H]3C[C@H]([C@H](O)[C@H]3O)[C@@H]2C(=O)N1c1cccc(Cl)c1. The molecule has 4 rings (SSSR count). The van der Waals surface area contributed by atoms with E-state index in [9.17, 15) is 19.8 Å². The van der Waals surface area contributed by atoms with Crippen molar-refractivity contribution >= 4 is 29.1 Å². The van der Waals surface area contributed by atoms with Gasteiger partial charge in [0.2, 0.25) is 11.8 Å². The molecule has 2 N–H and O–H groups in total. The number of hydrogen-bond acceptors (Lipinski definition) is 4. The summed E-state index contributed by atoms with van der Waals surface area (Å²) in [6.45, 7) is 0. The highest BCUT2D eigenvalue weighted by Crippen LogP contribution is 2.56. The van der Waals surface area contributed by atoms with E-state index in [0.717, 1.165) is 4.90 Å². The maximum atomic E-state index is 12.6. The van der Waals surface area contributed by atoms with E-state index in [0.29, 0.717) is 17.1 Å². The van der Waals surface area contributed by atoms with Crippen molar-refractivity contribution in [3.05, 3.63) is 29.3 Å². The summed E-state index contributed by atoms with van der Waals surface area (Å²) in [5.41, 5.74) is 0.454. The second-order valence-electron chi connectivity index (χ2n) is 6.09. The Bertz CT molecular complexity index is 616. The quantitative estimate of drug-likeness (QED) is 0.753. The van der Waals surface area contributed by atoms with Crippen LogP contribution < -0.4 is 4.90 Å². The fraction of sp³-hybridized carbons (Fsp3) is 0.467. The number of amides is 2. The minimum atomic E-state index is -0.910. The largest absolute Gasteiger partial charge is 0.390 e. The van der Waals surface area contributed by atoms with Crippen LogP contribution in [0.3, 0.4) is 0 Å². The predicted octanol–water partition coefficient (Wildman–Crippen LogP) is 0.817. The summed E-state index contributed by atoms with van der Waals surface area (Å²) in [5.74, 6) is -2.25. The maximum Gasteiger partial charge on any atom is 0.238 e. The van der Waals surface area contributed by atoms with Gasteiger partial charge >= 0.3 is 0 Å². The molecule has 110 valence electrons. The van der Waals surface area contributed by atoms with Crippen LogP contribution in [0.5, 0.6) is 0 Å². The first-order valence-electron chi connectivity index (χ1n) is 7.00. The molecule has 0 unspecified atom stereocenters. The van der Waals surface area contributed by atoms with Crippen molar-refractivity contribution in [3.63, 3.8) is 0 Å². The molecule has 2 bridgehead atoms. The average molecular weight is 308 g/mol. The van der Waals surface area contributed by atoms with Crippen molar-refractivity contribution in [2.24, 2.45) is 23.7 Å². The Balaban J connectivity index is 1.75. The van der Waals surface area contributed by atoms with Gasteiger partial charge in [0.25, 0.3) is 0 Å². The Kier molecular flexibility index (Phi) is 2.70. The van der Waals surface area contributed by atoms with Gasteiger partial charge < -0.3 is 10.2 Å². The van der Waals surface area contributed by atoms with Crippen LogP contribution in [0.15, 0.2) is 24.3 Å². The fourth-order valence-corrected chi connectivity index (χ4v) is 4.48. The molecule has 0 spiro atoms. The van der Waals surface area contributed by atoms with Crippen molar-refractivity contribution in [3.8, 4) is 0 Å². The van der Waals surface area contributed by atoms with Crippen LogP contribution >= 0.6 is 11.6 Å². The first-order valence-corrected chi connectivity index (χ1v) is 7.38. The maximum absolute atomic E-state index is 12.6. The second-order valence-corrected chi connectivity index (χ2v) is 6.52. The van der Waals surface area contributed by atoms with Crippen molar-refractivity contribution in [2.75, 3.05) is 4.90 Å². The summed E-state index contributed by atoms with van der Waals surface area (Å²) in [7, 11) is 0. The van der Waals surface area contributed by atoms with Crippen molar-refractivity contribution < 1.29 is 19.8 Å². The van der Waals surface area contributed by atoms with Crippen LogP contribution in [-0.4, -0.2) is 34.2 Å². The summed E-state index contributed by atoms with van der Waals surface area (Å²) < 4.78 is 0. The van der Waals surface area contributed by atoms with E-state index in [-0.39, 0.29) is 23.7 Å². The number of benzene rings is 1. The zero-order chi connectivity index (χ0) is 14.9. The van der Waals surface area contributed by atoms with Gasteiger partial charge in [-0.1, -0.05) is 17.7 Å². The Morgan fingerprint density at radius 2 is 1.62 bits per heavy atom. The molecule has 2 saturated carbocycles. The third kappa shape index (κ3) is 1.59. The lowest BCUT2D eigenvalue weighted by Crippen LogP contribution is -2.43. The lowest BCUT2D eigenvalue weighted by atomic mass is 9.78. The van der Waals surface area contributed by atoms with Crippen LogP contribution in [-0.2, 0) is 9.59 Å². The minimum Gasteiger partial charge on any atom is -0.390 e. The normalized spacial score (nSPS) is 41.0. The second kappa shape index (κ2) is 4.29. The highest BCUT2D eigenvalue weighted by atomic mass is 35.5. The monoisotopic (exact) mass is 307 g/mol. The van der Waals surface area contributed by atoms with Crippen LogP contribution in [0.4, 0.5) is 5.69 Å². The van der Waals surface area contributed by atoms with Crippen molar-refractivity contribution in [1.82, 2.24) is 0 Å². The number of aliphatic hydroxyl groups is 2. The van der Waals surface area contributed by atoms with Gasteiger partial charge in [-0.25, -0.2) is 4.90 Å². The van der Waals surface area contributed by atoms with Crippen LogP contribution in [0.1, 0.15) is 6.42 Å². The number of carbonyl (C=O) groups excluding carboxylic acids is 2. The summed E-state index contributed by atoms with van der Waals surface area (Å²) in [5, 5.41) is 20.4. The fourth-order valence-electron chi connectivity index (χ4n) is 4.30. The van der Waals surface area contributed by atoms with Gasteiger partial charge in [0.05, 0.1) is 29.7 Å². The minimum absolute atomic E-state index is 0.286. The molecule has 6 heteroatoms. The Hall–Kier alpha value is -1.43. The number of rotatable bonds is 1. The number of aliphatic hydroxyl groups excluding tert-OH is 2. The molecule has 1 aromatic rings. The summed E-state index contributed by atoms with van der Waals surface area (Å²) in [6.07, 6.45) is -1.28. The number of imide groups is 1. The third-order valence-corrected chi connectivity index (χ3v) is 5.39. The molecule has 21 heavy (non-hydrogen) atoms. The van der Waals surface area contributed by atoms with E-state index in [1.807, 2.05) is 0 Å². The molecule has 3 fully saturated rings. The number of fused-ring (bicyclic) bond motifs is 5. The summed E-state index contributed by atoms with van der Waals surface area (Å²) in [4.78, 5) is 26.4. The zero-order valence-corrected chi connectivity index (χ0v) is 11.8. The number of halogens is 1. The number of anilines is 1. The standard InChI is InChI=1S/C15H14ClNO4/c16-6-2-1-3-7(4-6)17-14(20)10-8-5-9(11(10)15(17)21)13(19)12(8)18/h1-4,8-13,18-19H,5H2/t8-,9+,10-,11+,12-,13-/m0/s1. The Morgan fingerprint density at radius 1 is 1.05 bits per heavy atom. The highest BCUT2D eigenvalue weighted by Gasteiger charge is 2.67.